The summed E-state index contributed by atoms with van der Waals surface area (Å²) in [6.45, 7) is 1.53. The largest absolute Gasteiger partial charge is 0.482 e. The van der Waals surface area contributed by atoms with Crippen LogP contribution in [0.3, 0.4) is 0 Å². The zero-order chi connectivity index (χ0) is 51.5. The monoisotopic (exact) mass is 1020 g/mol. The molecule has 2 amide bonds. The normalized spacial score (nSPS) is 16.4. The third kappa shape index (κ3) is 8.80. The minimum absolute atomic E-state index is 0.00717. The lowest BCUT2D eigenvalue weighted by molar-refractivity contribution is -0.274. The third-order valence-corrected chi connectivity index (χ3v) is 13.8. The minimum atomic E-state index is -5.44. The van der Waals surface area contributed by atoms with Gasteiger partial charge in [-0.15, -0.1) is 0 Å². The number of halogens is 8. The summed E-state index contributed by atoms with van der Waals surface area (Å²) in [7, 11) is 2.69. The fourth-order valence-electron chi connectivity index (χ4n) is 9.03. The van der Waals surface area contributed by atoms with Crippen LogP contribution in [-0.4, -0.2) is 73.6 Å². The molecular weight excluding hydrogens is 981 g/mol. The summed E-state index contributed by atoms with van der Waals surface area (Å²) in [5, 5.41) is 20.7. The number of hydrogen-bond acceptors (Lipinski definition) is 8. The number of amides is 2. The predicted molar refractivity (Wildman–Crippen MR) is 251 cm³/mol. The van der Waals surface area contributed by atoms with E-state index >= 15 is 26.3 Å². The number of carbonyl (C=O) groups excluding carboxylic acids is 3. The molecule has 2 heterocycles. The van der Waals surface area contributed by atoms with E-state index in [1.54, 1.807) is 6.07 Å². The van der Waals surface area contributed by atoms with Crippen molar-refractivity contribution >= 4 is 58.3 Å². The van der Waals surface area contributed by atoms with E-state index < -0.39 is 75.8 Å². The van der Waals surface area contributed by atoms with Gasteiger partial charge in [-0.25, -0.2) is 9.59 Å². The van der Waals surface area contributed by atoms with E-state index in [0.29, 0.717) is 11.1 Å². The number of aliphatic hydroxyl groups is 1. The number of anilines is 2. The lowest BCUT2D eigenvalue weighted by Gasteiger charge is -2.41. The van der Waals surface area contributed by atoms with Gasteiger partial charge in [0.2, 0.25) is 5.60 Å². The van der Waals surface area contributed by atoms with Crippen molar-refractivity contribution in [2.24, 2.45) is 0 Å². The summed E-state index contributed by atoms with van der Waals surface area (Å²) in [6.07, 6.45) is -10.7. The summed E-state index contributed by atoms with van der Waals surface area (Å²) in [6, 6.07) is 25.5. The van der Waals surface area contributed by atoms with Crippen molar-refractivity contribution in [3.8, 4) is 33.8 Å². The molecule has 71 heavy (non-hydrogen) atoms. The topological polar surface area (TPSA) is 143 Å². The summed E-state index contributed by atoms with van der Waals surface area (Å²) < 4.78 is 112. The summed E-state index contributed by atoms with van der Waals surface area (Å²) in [4.78, 5) is 53.7. The van der Waals surface area contributed by atoms with E-state index in [1.165, 1.54) is 105 Å². The number of benzene rings is 6. The number of likely N-dealkylation sites (N-methyl/N-ethyl adjacent to an activating group) is 2. The Morgan fingerprint density at radius 3 is 1.72 bits per heavy atom. The highest BCUT2D eigenvalue weighted by Gasteiger charge is 2.64. The van der Waals surface area contributed by atoms with Crippen LogP contribution in [0.4, 0.5) is 37.7 Å². The molecule has 0 fully saturated rings. The van der Waals surface area contributed by atoms with Gasteiger partial charge in [0.15, 0.2) is 18.8 Å². The van der Waals surface area contributed by atoms with Crippen LogP contribution in [0.5, 0.6) is 11.5 Å². The molecule has 0 aromatic heterocycles. The van der Waals surface area contributed by atoms with Crippen molar-refractivity contribution in [1.29, 1.82) is 0 Å². The smallest absolute Gasteiger partial charge is 0.433 e. The molecule has 11 nitrogen and oxygen atoms in total. The first kappa shape index (κ1) is 50.3. The number of esters is 1. The van der Waals surface area contributed by atoms with E-state index in [-0.39, 0.29) is 74.0 Å². The molecule has 0 saturated carbocycles. The van der Waals surface area contributed by atoms with Crippen LogP contribution in [-0.2, 0) is 25.5 Å². The number of rotatable bonds is 11. The van der Waals surface area contributed by atoms with Crippen LogP contribution in [0.1, 0.15) is 68.7 Å². The fraction of sp³-hybridized carbons (Fsp3) is 0.231. The Balaban J connectivity index is 1.21. The maximum atomic E-state index is 16.5. The highest BCUT2D eigenvalue weighted by atomic mass is 35.5. The number of aromatic carboxylic acids is 1. The Labute approximate surface area is 411 Å². The van der Waals surface area contributed by atoms with Crippen molar-refractivity contribution in [1.82, 2.24) is 0 Å². The number of fused-ring (bicyclic) bond motifs is 2. The molecule has 8 rings (SSSR count). The Morgan fingerprint density at radius 2 is 1.15 bits per heavy atom. The summed E-state index contributed by atoms with van der Waals surface area (Å²) in [5.41, 5.74) is -8.48. The highest BCUT2D eigenvalue weighted by Crippen LogP contribution is 2.56. The molecule has 0 spiro atoms. The first-order valence-electron chi connectivity index (χ1n) is 21.6. The lowest BCUT2D eigenvalue weighted by Crippen LogP contribution is -2.50. The summed E-state index contributed by atoms with van der Waals surface area (Å²) in [5.74, 6) is -7.27. The quantitative estimate of drug-likeness (QED) is 0.0958. The van der Waals surface area contributed by atoms with Gasteiger partial charge in [-0.05, 0) is 93.5 Å². The zero-order valence-electron chi connectivity index (χ0n) is 37.8. The second kappa shape index (κ2) is 18.6. The lowest BCUT2D eigenvalue weighted by atomic mass is 9.76. The van der Waals surface area contributed by atoms with Gasteiger partial charge in [-0.1, -0.05) is 104 Å². The SMILES string of the molecule is CC(c1ccc(-c2ccccc2C(=O)OC(c2ccc3c(c2)N(C)C(=O)CO3)(C(C)c2ccc(-c3cccc(C(=O)O)c3)cc2Cl)C(F)(F)F)cc1Cl)C(O)(c1ccc2c(c1)N(C)C(=O)CO2)C(F)(F)F. The fourth-order valence-corrected chi connectivity index (χ4v) is 9.72. The number of nitrogens with zero attached hydrogens (tertiary/aromatic N) is 2. The molecule has 19 heteroatoms. The van der Waals surface area contributed by atoms with Gasteiger partial charge in [0, 0.05) is 41.5 Å². The van der Waals surface area contributed by atoms with Gasteiger partial charge < -0.3 is 34.2 Å². The van der Waals surface area contributed by atoms with Gasteiger partial charge in [-0.3, -0.25) is 9.59 Å². The molecule has 2 aliphatic rings. The van der Waals surface area contributed by atoms with Gasteiger partial charge in [-0.2, -0.15) is 26.3 Å². The third-order valence-electron chi connectivity index (χ3n) is 13.1. The number of hydrogen-bond donors (Lipinski definition) is 2. The first-order chi connectivity index (χ1) is 33.4. The van der Waals surface area contributed by atoms with Crippen LogP contribution in [0.15, 0.2) is 121 Å². The van der Waals surface area contributed by atoms with Gasteiger partial charge in [0.05, 0.1) is 22.5 Å². The maximum Gasteiger partial charge on any atom is 0.433 e. The molecule has 0 aliphatic carbocycles. The van der Waals surface area contributed by atoms with Gasteiger partial charge >= 0.3 is 24.3 Å². The van der Waals surface area contributed by atoms with Gasteiger partial charge in [0.1, 0.15) is 11.5 Å². The summed E-state index contributed by atoms with van der Waals surface area (Å²) >= 11 is 13.5. The Kier molecular flexibility index (Phi) is 13.2. The molecular formula is C52H40Cl2F6N2O9. The number of carbonyl (C=O) groups is 4. The van der Waals surface area contributed by atoms with Crippen LogP contribution in [0.2, 0.25) is 10.0 Å². The number of ether oxygens (including phenoxy) is 3. The van der Waals surface area contributed by atoms with E-state index in [9.17, 15) is 29.4 Å². The average Bonchev–Trinajstić information content (AvgIpc) is 3.33. The Bertz CT molecular complexity index is 3150. The second-order valence-electron chi connectivity index (χ2n) is 17.1. The van der Waals surface area contributed by atoms with Crippen molar-refractivity contribution < 1.29 is 69.9 Å². The number of carboxylic acid groups (broad SMARTS) is 1. The second-order valence-corrected chi connectivity index (χ2v) is 17.9. The number of carboxylic acids is 1. The minimum Gasteiger partial charge on any atom is -0.482 e. The highest BCUT2D eigenvalue weighted by molar-refractivity contribution is 6.32. The average molecular weight is 1020 g/mol. The zero-order valence-corrected chi connectivity index (χ0v) is 39.3. The molecule has 0 bridgehead atoms. The molecule has 4 atom stereocenters. The van der Waals surface area contributed by atoms with E-state index in [2.05, 4.69) is 0 Å². The standard InChI is InChI=1S/C52H40Cl2F6N2O9/c1-27(49(68,51(55,56)57)33-14-18-43-41(23-33)61(3)45(63)25-69-43)35-17-13-31(22-40(35)54)37-10-5-6-11-38(37)48(67)71-50(52(58,59)60,34-15-19-44-42(24-34)62(4)46(64)26-70-44)28(2)36-16-12-30(21-39(36)53)29-8-7-9-32(20-29)47(65)66/h5-24,27-28,68H,25-26H2,1-4H3,(H,65,66). The molecule has 4 unspecified atom stereocenters. The van der Waals surface area contributed by atoms with E-state index in [1.807, 2.05) is 0 Å². The molecule has 2 aliphatic heterocycles. The molecule has 0 saturated heterocycles. The van der Waals surface area contributed by atoms with Crippen LogP contribution in [0.25, 0.3) is 22.3 Å². The van der Waals surface area contributed by atoms with Crippen molar-refractivity contribution in [3.63, 3.8) is 0 Å². The van der Waals surface area contributed by atoms with E-state index in [0.717, 1.165) is 47.9 Å². The van der Waals surface area contributed by atoms with Crippen LogP contribution < -0.4 is 19.3 Å². The molecule has 6 aromatic carbocycles. The van der Waals surface area contributed by atoms with Crippen LogP contribution in [0, 0.1) is 0 Å². The predicted octanol–water partition coefficient (Wildman–Crippen LogP) is 11.7. The van der Waals surface area contributed by atoms with Crippen LogP contribution >= 0.6 is 23.2 Å². The van der Waals surface area contributed by atoms with Crippen molar-refractivity contribution in [2.75, 3.05) is 37.1 Å². The molecule has 2 N–H and O–H groups in total. The molecule has 368 valence electrons. The molecule has 0 radical (unpaired) electrons. The van der Waals surface area contributed by atoms with E-state index in [4.69, 9.17) is 37.4 Å². The van der Waals surface area contributed by atoms with Gasteiger partial charge in [0.25, 0.3) is 11.8 Å². The Morgan fingerprint density at radius 1 is 0.634 bits per heavy atom. The molecule has 6 aromatic rings. The maximum absolute atomic E-state index is 16.5. The first-order valence-corrected chi connectivity index (χ1v) is 22.3. The Hall–Kier alpha value is -7.08. The number of alkyl halides is 6. The van der Waals surface area contributed by atoms with Crippen molar-refractivity contribution in [2.45, 2.75) is 49.2 Å². The van der Waals surface area contributed by atoms with Crippen molar-refractivity contribution in [3.05, 3.63) is 165 Å².